The highest BCUT2D eigenvalue weighted by molar-refractivity contribution is 5.75. The van der Waals surface area contributed by atoms with E-state index in [1.54, 1.807) is 28.8 Å². The third kappa shape index (κ3) is 3.95. The fourth-order valence-electron chi connectivity index (χ4n) is 4.05. The molecule has 0 bridgehead atoms. The lowest BCUT2D eigenvalue weighted by atomic mass is 10.0. The van der Waals surface area contributed by atoms with Crippen molar-refractivity contribution < 1.29 is 8.78 Å². The highest BCUT2D eigenvalue weighted by atomic mass is 19.3. The molecule has 2 heterocycles. The number of likely N-dealkylation sites (tertiary alicyclic amines) is 1. The van der Waals surface area contributed by atoms with Crippen molar-refractivity contribution in [2.24, 2.45) is 0 Å². The van der Waals surface area contributed by atoms with E-state index in [4.69, 9.17) is 0 Å². The molecule has 6 heteroatoms. The van der Waals surface area contributed by atoms with Crippen LogP contribution < -0.4 is 5.69 Å². The Hall–Kier alpha value is -2.47. The Morgan fingerprint density at radius 1 is 1.00 bits per heavy atom. The van der Waals surface area contributed by atoms with Crippen LogP contribution in [0.1, 0.15) is 24.4 Å². The summed E-state index contributed by atoms with van der Waals surface area (Å²) in [7, 11) is 0. The quantitative estimate of drug-likeness (QED) is 0.740. The second-order valence-corrected chi connectivity index (χ2v) is 7.34. The molecule has 1 fully saturated rings. The van der Waals surface area contributed by atoms with E-state index < -0.39 is 5.92 Å². The van der Waals surface area contributed by atoms with E-state index in [0.717, 1.165) is 11.0 Å². The van der Waals surface area contributed by atoms with Crippen molar-refractivity contribution in [1.82, 2.24) is 14.5 Å². The van der Waals surface area contributed by atoms with Crippen LogP contribution >= 0.6 is 0 Å². The smallest absolute Gasteiger partial charge is 0.306 e. The van der Waals surface area contributed by atoms with Crippen molar-refractivity contribution in [3.63, 3.8) is 0 Å². The molecule has 1 N–H and O–H groups in total. The molecule has 4 rings (SSSR count). The van der Waals surface area contributed by atoms with Gasteiger partial charge in [0.05, 0.1) is 17.6 Å². The van der Waals surface area contributed by atoms with Crippen molar-refractivity contribution in [3.8, 4) is 0 Å². The Balaban J connectivity index is 1.40. The van der Waals surface area contributed by atoms with Crippen molar-refractivity contribution in [3.05, 3.63) is 70.6 Å². The molecule has 27 heavy (non-hydrogen) atoms. The fraction of sp³-hybridized carbons (Fsp3) is 0.381. The lowest BCUT2D eigenvalue weighted by Gasteiger charge is -2.34. The molecule has 1 aliphatic rings. The molecule has 0 atom stereocenters. The minimum atomic E-state index is -2.76. The molecule has 0 unspecified atom stereocenters. The Morgan fingerprint density at radius 2 is 1.67 bits per heavy atom. The summed E-state index contributed by atoms with van der Waals surface area (Å²) in [5.41, 5.74) is 2.24. The summed E-state index contributed by atoms with van der Waals surface area (Å²) >= 11 is 0. The van der Waals surface area contributed by atoms with Gasteiger partial charge in [0, 0.05) is 25.6 Å². The van der Waals surface area contributed by atoms with Gasteiger partial charge in [-0.15, -0.1) is 0 Å². The molecule has 4 nitrogen and oxygen atoms in total. The number of halogens is 2. The van der Waals surface area contributed by atoms with Gasteiger partial charge in [0.25, 0.3) is 5.92 Å². The van der Waals surface area contributed by atoms with Gasteiger partial charge in [0.1, 0.15) is 0 Å². The van der Waals surface area contributed by atoms with Crippen molar-refractivity contribution in [2.75, 3.05) is 19.6 Å². The van der Waals surface area contributed by atoms with Crippen molar-refractivity contribution in [1.29, 1.82) is 0 Å². The first kappa shape index (κ1) is 17.9. The number of para-hydroxylation sites is 2. The number of benzene rings is 2. The first-order valence-corrected chi connectivity index (χ1v) is 9.35. The van der Waals surface area contributed by atoms with Crippen LogP contribution in [0.25, 0.3) is 11.0 Å². The van der Waals surface area contributed by atoms with E-state index >= 15 is 0 Å². The number of aromatic nitrogens is 2. The number of hydrogen-bond acceptors (Lipinski definition) is 2. The summed E-state index contributed by atoms with van der Waals surface area (Å²) in [5, 5.41) is 0. The van der Waals surface area contributed by atoms with Crippen LogP contribution in [0.3, 0.4) is 0 Å². The van der Waals surface area contributed by atoms with E-state index in [2.05, 4.69) is 4.98 Å². The monoisotopic (exact) mass is 371 g/mol. The van der Waals surface area contributed by atoms with Crippen LogP contribution in [0, 0.1) is 0 Å². The molecular formula is C21H23F2N3O. The number of alkyl halides is 2. The minimum Gasteiger partial charge on any atom is -0.306 e. The molecule has 0 amide bonds. The summed E-state index contributed by atoms with van der Waals surface area (Å²) in [6, 6.07) is 16.5. The van der Waals surface area contributed by atoms with E-state index in [1.165, 1.54) is 0 Å². The maximum absolute atomic E-state index is 14.4. The number of nitrogens with zero attached hydrogens (tertiary/aromatic N) is 2. The lowest BCUT2D eigenvalue weighted by molar-refractivity contribution is -0.0378. The minimum absolute atomic E-state index is 0.0487. The predicted molar refractivity (Wildman–Crippen MR) is 102 cm³/mol. The van der Waals surface area contributed by atoms with Crippen LogP contribution in [0.15, 0.2) is 59.4 Å². The number of fused-ring (bicyclic) bond motifs is 1. The zero-order valence-electron chi connectivity index (χ0n) is 15.1. The molecule has 2 aromatic carbocycles. The Bertz CT molecular complexity index is 956. The maximum atomic E-state index is 14.4. The van der Waals surface area contributed by atoms with Crippen molar-refractivity contribution >= 4 is 11.0 Å². The highest BCUT2D eigenvalue weighted by Crippen LogP contribution is 2.28. The van der Waals surface area contributed by atoms with E-state index in [1.807, 2.05) is 35.2 Å². The fourth-order valence-corrected chi connectivity index (χ4v) is 4.05. The topological polar surface area (TPSA) is 41.0 Å². The number of imidazole rings is 1. The van der Waals surface area contributed by atoms with Crippen LogP contribution in [0.2, 0.25) is 0 Å². The van der Waals surface area contributed by atoms with E-state index in [0.29, 0.717) is 31.5 Å². The number of nitrogens with one attached hydrogen (secondary N) is 1. The van der Waals surface area contributed by atoms with Gasteiger partial charge in [-0.1, -0.05) is 42.5 Å². The zero-order valence-corrected chi connectivity index (χ0v) is 15.1. The van der Waals surface area contributed by atoms with Crippen LogP contribution in [0.5, 0.6) is 0 Å². The average molecular weight is 371 g/mol. The molecular weight excluding hydrogens is 348 g/mol. The summed E-state index contributed by atoms with van der Waals surface area (Å²) in [6.07, 6.45) is 1.15. The molecule has 1 aromatic heterocycles. The van der Waals surface area contributed by atoms with E-state index in [-0.39, 0.29) is 24.7 Å². The number of hydrogen-bond donors (Lipinski definition) is 1. The molecule has 1 aliphatic heterocycles. The zero-order chi connectivity index (χ0) is 18.9. The molecule has 0 aliphatic carbocycles. The Labute approximate surface area is 156 Å². The second-order valence-electron chi connectivity index (χ2n) is 7.34. The van der Waals surface area contributed by atoms with Crippen molar-refractivity contribution in [2.45, 2.75) is 31.2 Å². The Kier molecular flexibility index (Phi) is 4.83. The van der Waals surface area contributed by atoms with Gasteiger partial charge in [-0.3, -0.25) is 9.47 Å². The second kappa shape index (κ2) is 7.27. The van der Waals surface area contributed by atoms with Gasteiger partial charge in [0.2, 0.25) is 0 Å². The van der Waals surface area contributed by atoms with Gasteiger partial charge in [-0.25, -0.2) is 13.6 Å². The Morgan fingerprint density at radius 3 is 2.41 bits per heavy atom. The lowest BCUT2D eigenvalue weighted by Crippen LogP contribution is -2.43. The van der Waals surface area contributed by atoms with Gasteiger partial charge in [-0.2, -0.15) is 0 Å². The molecule has 3 aromatic rings. The van der Waals surface area contributed by atoms with Crippen LogP contribution in [-0.4, -0.2) is 40.0 Å². The van der Waals surface area contributed by atoms with Gasteiger partial charge >= 0.3 is 5.69 Å². The standard InChI is InChI=1S/C21H23F2N3O/c22-21(23,14-16-6-2-1-3-7-16)15-25-12-10-17(11-13-25)26-19-9-5-4-8-18(19)24-20(26)27/h1-9,17H,10-15H2,(H,24,27). The summed E-state index contributed by atoms with van der Waals surface area (Å²) in [5.74, 6) is -2.76. The van der Waals surface area contributed by atoms with Gasteiger partial charge in [0.15, 0.2) is 0 Å². The first-order valence-electron chi connectivity index (χ1n) is 9.35. The van der Waals surface area contributed by atoms with E-state index in [9.17, 15) is 13.6 Å². The summed E-state index contributed by atoms with van der Waals surface area (Å²) in [6.45, 7) is 0.902. The molecule has 0 saturated carbocycles. The van der Waals surface area contributed by atoms with Gasteiger partial charge < -0.3 is 4.98 Å². The molecule has 142 valence electrons. The van der Waals surface area contributed by atoms with Crippen LogP contribution in [0.4, 0.5) is 8.78 Å². The summed E-state index contributed by atoms with van der Waals surface area (Å²) < 4.78 is 30.7. The molecule has 0 spiro atoms. The number of piperidine rings is 1. The van der Waals surface area contributed by atoms with Gasteiger partial charge in [-0.05, 0) is 30.5 Å². The number of rotatable bonds is 5. The summed E-state index contributed by atoms with van der Waals surface area (Å²) in [4.78, 5) is 17.0. The first-order chi connectivity index (χ1) is 13.0. The maximum Gasteiger partial charge on any atom is 0.326 e. The third-order valence-electron chi connectivity index (χ3n) is 5.31. The number of H-pyrrole nitrogens is 1. The normalized spacial score (nSPS) is 16.8. The predicted octanol–water partition coefficient (Wildman–Crippen LogP) is 3.84. The largest absolute Gasteiger partial charge is 0.326 e. The number of aromatic amines is 1. The SMILES string of the molecule is O=c1[nH]c2ccccc2n1C1CCN(CC(F)(F)Cc2ccccc2)CC1. The molecule has 0 radical (unpaired) electrons. The molecule has 1 saturated heterocycles. The van der Waals surface area contributed by atoms with Crippen LogP contribution in [-0.2, 0) is 6.42 Å². The average Bonchev–Trinajstić information content (AvgIpc) is 2.98. The highest BCUT2D eigenvalue weighted by Gasteiger charge is 2.34. The third-order valence-corrected chi connectivity index (χ3v) is 5.31.